The zero-order chi connectivity index (χ0) is 13.2. The fraction of sp³-hybridized carbons (Fsp3) is 0.333. The minimum absolute atomic E-state index is 0.525. The molecule has 0 saturated heterocycles. The summed E-state index contributed by atoms with van der Waals surface area (Å²) >= 11 is 0. The van der Waals surface area contributed by atoms with E-state index in [4.69, 9.17) is 0 Å². The lowest BCUT2D eigenvalue weighted by Crippen LogP contribution is -2.43. The molecule has 0 aliphatic heterocycles. The van der Waals surface area contributed by atoms with Gasteiger partial charge in [0.25, 0.3) is 0 Å². The van der Waals surface area contributed by atoms with Crippen molar-refractivity contribution < 1.29 is 5.11 Å². The molecule has 18 heavy (non-hydrogen) atoms. The summed E-state index contributed by atoms with van der Waals surface area (Å²) in [5, 5.41) is 10.9. The molecule has 1 atom stereocenters. The Balaban J connectivity index is 2.47. The summed E-state index contributed by atoms with van der Waals surface area (Å²) in [5.41, 5.74) is 0.118. The summed E-state index contributed by atoms with van der Waals surface area (Å²) in [5.74, 6) is 0. The molecule has 0 saturated carbocycles. The van der Waals surface area contributed by atoms with Crippen molar-refractivity contribution in [1.82, 2.24) is 9.97 Å². The molecule has 2 aromatic rings. The van der Waals surface area contributed by atoms with Crippen molar-refractivity contribution in [1.29, 1.82) is 0 Å². The molecule has 3 nitrogen and oxygen atoms in total. The zero-order valence-corrected chi connectivity index (χ0v) is 11.0. The van der Waals surface area contributed by atoms with E-state index >= 15 is 0 Å². The van der Waals surface area contributed by atoms with Gasteiger partial charge in [-0.05, 0) is 12.5 Å². The third kappa shape index (κ3) is 2.02. The molecule has 0 fully saturated rings. The Morgan fingerprint density at radius 2 is 1.67 bits per heavy atom. The van der Waals surface area contributed by atoms with Crippen molar-refractivity contribution in [3.8, 4) is 0 Å². The molecule has 94 valence electrons. The average molecular weight is 242 g/mol. The molecule has 0 amide bonds. The summed E-state index contributed by atoms with van der Waals surface area (Å²) < 4.78 is 0. The van der Waals surface area contributed by atoms with Gasteiger partial charge in [0, 0.05) is 24.0 Å². The molecule has 3 heteroatoms. The normalized spacial score (nSPS) is 15.1. The summed E-state index contributed by atoms with van der Waals surface area (Å²) in [6.45, 7) is 5.77. The van der Waals surface area contributed by atoms with Gasteiger partial charge in [0.1, 0.15) is 0 Å². The van der Waals surface area contributed by atoms with E-state index in [2.05, 4.69) is 9.97 Å². The van der Waals surface area contributed by atoms with E-state index in [-0.39, 0.29) is 0 Å². The first-order chi connectivity index (χ1) is 8.46. The van der Waals surface area contributed by atoms with Gasteiger partial charge < -0.3 is 5.11 Å². The van der Waals surface area contributed by atoms with Crippen LogP contribution in [-0.4, -0.2) is 15.1 Å². The van der Waals surface area contributed by atoms with Crippen molar-refractivity contribution in [3.05, 3.63) is 60.2 Å². The van der Waals surface area contributed by atoms with Crippen molar-refractivity contribution in [3.63, 3.8) is 0 Å². The number of aromatic nitrogens is 2. The Kier molecular flexibility index (Phi) is 3.18. The SMILES string of the molecule is CC(C)(c1cnccn1)C(C)(O)c1ccccc1. The van der Waals surface area contributed by atoms with E-state index in [1.807, 2.05) is 51.1 Å². The molecular weight excluding hydrogens is 224 g/mol. The van der Waals surface area contributed by atoms with Gasteiger partial charge in [-0.25, -0.2) is 0 Å². The number of benzene rings is 1. The maximum absolute atomic E-state index is 10.9. The first kappa shape index (κ1) is 12.7. The molecule has 1 unspecified atom stereocenters. The summed E-state index contributed by atoms with van der Waals surface area (Å²) in [7, 11) is 0. The Hall–Kier alpha value is -1.74. The standard InChI is InChI=1S/C15H18N2O/c1-14(2,13-11-16-9-10-17-13)15(3,18)12-7-5-4-6-8-12/h4-11,18H,1-3H3. The molecule has 1 aromatic carbocycles. The van der Waals surface area contributed by atoms with Crippen LogP contribution in [0.1, 0.15) is 32.0 Å². The second-order valence-corrected chi connectivity index (χ2v) is 5.15. The number of hydrogen-bond donors (Lipinski definition) is 1. The first-order valence-corrected chi connectivity index (χ1v) is 6.00. The van der Waals surface area contributed by atoms with Crippen LogP contribution in [0.15, 0.2) is 48.9 Å². The van der Waals surface area contributed by atoms with Gasteiger partial charge in [0.05, 0.1) is 11.3 Å². The van der Waals surface area contributed by atoms with Crippen molar-refractivity contribution in [2.45, 2.75) is 31.8 Å². The van der Waals surface area contributed by atoms with Crippen LogP contribution in [-0.2, 0) is 11.0 Å². The Morgan fingerprint density at radius 3 is 2.22 bits per heavy atom. The maximum atomic E-state index is 10.9. The fourth-order valence-corrected chi connectivity index (χ4v) is 1.99. The van der Waals surface area contributed by atoms with Crippen LogP contribution in [0, 0.1) is 0 Å². The molecule has 2 rings (SSSR count). The zero-order valence-electron chi connectivity index (χ0n) is 11.0. The lowest BCUT2D eigenvalue weighted by atomic mass is 9.70. The van der Waals surface area contributed by atoms with Crippen molar-refractivity contribution in [2.24, 2.45) is 0 Å². The Morgan fingerprint density at radius 1 is 1.00 bits per heavy atom. The number of rotatable bonds is 3. The van der Waals surface area contributed by atoms with Crippen molar-refractivity contribution >= 4 is 0 Å². The van der Waals surface area contributed by atoms with Gasteiger partial charge in [-0.1, -0.05) is 44.2 Å². The second kappa shape index (κ2) is 4.50. The Bertz CT molecular complexity index is 457. The maximum Gasteiger partial charge on any atom is 0.0975 e. The lowest BCUT2D eigenvalue weighted by Gasteiger charge is -2.39. The molecule has 1 heterocycles. The van der Waals surface area contributed by atoms with E-state index in [0.717, 1.165) is 11.3 Å². The lowest BCUT2D eigenvalue weighted by molar-refractivity contribution is -0.0157. The van der Waals surface area contributed by atoms with Crippen LogP contribution in [0.4, 0.5) is 0 Å². The predicted molar refractivity (Wildman–Crippen MR) is 71.1 cm³/mol. The highest BCUT2D eigenvalue weighted by molar-refractivity contribution is 5.30. The van der Waals surface area contributed by atoms with Crippen LogP contribution in [0.5, 0.6) is 0 Å². The topological polar surface area (TPSA) is 46.0 Å². The Labute approximate surface area is 108 Å². The first-order valence-electron chi connectivity index (χ1n) is 6.00. The van der Waals surface area contributed by atoms with Crippen LogP contribution in [0.3, 0.4) is 0 Å². The largest absolute Gasteiger partial charge is 0.384 e. The minimum atomic E-state index is -1.01. The number of aliphatic hydroxyl groups is 1. The number of hydrogen-bond acceptors (Lipinski definition) is 3. The van der Waals surface area contributed by atoms with Crippen LogP contribution in [0.2, 0.25) is 0 Å². The molecule has 0 aliphatic carbocycles. The highest BCUT2D eigenvalue weighted by Gasteiger charge is 2.43. The van der Waals surface area contributed by atoms with Gasteiger partial charge in [0.2, 0.25) is 0 Å². The molecular formula is C15H18N2O. The summed E-state index contributed by atoms with van der Waals surface area (Å²) in [6.07, 6.45) is 4.99. The van der Waals surface area contributed by atoms with Gasteiger partial charge >= 0.3 is 0 Å². The van der Waals surface area contributed by atoms with Crippen LogP contribution < -0.4 is 0 Å². The highest BCUT2D eigenvalue weighted by atomic mass is 16.3. The highest BCUT2D eigenvalue weighted by Crippen LogP contribution is 2.40. The minimum Gasteiger partial charge on any atom is -0.384 e. The monoisotopic (exact) mass is 242 g/mol. The predicted octanol–water partition coefficient (Wildman–Crippen LogP) is 2.66. The van der Waals surface area contributed by atoms with Gasteiger partial charge in [-0.3, -0.25) is 9.97 Å². The summed E-state index contributed by atoms with van der Waals surface area (Å²) in [6, 6.07) is 9.65. The van der Waals surface area contributed by atoms with Crippen molar-refractivity contribution in [2.75, 3.05) is 0 Å². The van der Waals surface area contributed by atoms with E-state index in [9.17, 15) is 5.11 Å². The van der Waals surface area contributed by atoms with Crippen LogP contribution >= 0.6 is 0 Å². The van der Waals surface area contributed by atoms with Crippen LogP contribution in [0.25, 0.3) is 0 Å². The average Bonchev–Trinajstić information content (AvgIpc) is 2.40. The van der Waals surface area contributed by atoms with E-state index in [1.165, 1.54) is 0 Å². The molecule has 0 radical (unpaired) electrons. The molecule has 0 aliphatic rings. The van der Waals surface area contributed by atoms with E-state index in [0.29, 0.717) is 0 Å². The fourth-order valence-electron chi connectivity index (χ4n) is 1.99. The third-order valence-corrected chi connectivity index (χ3v) is 3.76. The number of nitrogens with zero attached hydrogens (tertiary/aromatic N) is 2. The molecule has 0 spiro atoms. The molecule has 1 N–H and O–H groups in total. The molecule has 1 aromatic heterocycles. The quantitative estimate of drug-likeness (QED) is 0.900. The summed E-state index contributed by atoms with van der Waals surface area (Å²) in [4.78, 5) is 8.40. The van der Waals surface area contributed by atoms with Gasteiger partial charge in [-0.2, -0.15) is 0 Å². The van der Waals surface area contributed by atoms with E-state index in [1.54, 1.807) is 18.6 Å². The molecule has 0 bridgehead atoms. The smallest absolute Gasteiger partial charge is 0.0975 e. The van der Waals surface area contributed by atoms with Gasteiger partial charge in [-0.15, -0.1) is 0 Å². The van der Waals surface area contributed by atoms with Gasteiger partial charge in [0.15, 0.2) is 0 Å². The van der Waals surface area contributed by atoms with E-state index < -0.39 is 11.0 Å². The second-order valence-electron chi connectivity index (χ2n) is 5.15. The third-order valence-electron chi connectivity index (χ3n) is 3.76.